The van der Waals surface area contributed by atoms with Gasteiger partial charge in [0, 0.05) is 18.9 Å². The van der Waals surface area contributed by atoms with Gasteiger partial charge in [-0.05, 0) is 63.3 Å². The Balaban J connectivity index is 1.45. The van der Waals surface area contributed by atoms with E-state index >= 15 is 0 Å². The number of rotatable bonds is 17. The Morgan fingerprint density at radius 3 is 1.68 bits per heavy atom. The Hall–Kier alpha value is -5.60. The normalized spacial score (nSPS) is 18.1. The van der Waals surface area contributed by atoms with E-state index in [-0.39, 0.29) is 19.0 Å². The molecule has 2 heterocycles. The Kier molecular flexibility index (Phi) is 13.8. The topological polar surface area (TPSA) is 126 Å². The molecule has 5 aromatic carbocycles. The van der Waals surface area contributed by atoms with Gasteiger partial charge in [0.2, 0.25) is 0 Å². The largest absolute Gasteiger partial charge is 0.497 e. The lowest BCUT2D eigenvalue weighted by Crippen LogP contribution is -2.69. The first kappa shape index (κ1) is 44.5. The van der Waals surface area contributed by atoms with Crippen LogP contribution in [0, 0.1) is 6.92 Å². The van der Waals surface area contributed by atoms with Crippen LogP contribution in [0.3, 0.4) is 0 Å². The van der Waals surface area contributed by atoms with Crippen molar-refractivity contribution in [1.29, 1.82) is 0 Å². The van der Waals surface area contributed by atoms with Gasteiger partial charge in [-0.3, -0.25) is 4.57 Å². The number of nitrogens with two attached hydrogens (primary N) is 1. The van der Waals surface area contributed by atoms with E-state index in [2.05, 4.69) is 86.4 Å². The van der Waals surface area contributed by atoms with Crippen LogP contribution >= 0.6 is 0 Å². The molecule has 62 heavy (non-hydrogen) atoms. The molecule has 1 aliphatic heterocycles. The first-order valence-electron chi connectivity index (χ1n) is 20.9. The van der Waals surface area contributed by atoms with Crippen LogP contribution in [-0.4, -0.2) is 77.3 Å². The highest BCUT2D eigenvalue weighted by molar-refractivity contribution is 6.99. The zero-order chi connectivity index (χ0) is 43.9. The van der Waals surface area contributed by atoms with Crippen LogP contribution < -0.4 is 31.3 Å². The van der Waals surface area contributed by atoms with E-state index in [4.69, 9.17) is 38.6 Å². The van der Waals surface area contributed by atoms with E-state index in [0.717, 1.165) is 27.1 Å². The fourth-order valence-corrected chi connectivity index (χ4v) is 13.3. The number of hydrogen-bond donors (Lipinski definition) is 1. The molecule has 2 N–H and O–H groups in total. The van der Waals surface area contributed by atoms with Crippen molar-refractivity contribution in [3.8, 4) is 11.5 Å². The summed E-state index contributed by atoms with van der Waals surface area (Å²) in [7, 11) is 1.62. The summed E-state index contributed by atoms with van der Waals surface area (Å²) in [6, 6.07) is 46.7. The number of nitrogens with zero attached hydrogens (tertiary/aromatic N) is 2. The number of hydrogen-bond acceptors (Lipinski definition) is 10. The predicted molar refractivity (Wildman–Crippen MR) is 244 cm³/mol. The fraction of sp³-hybridized carbons (Fsp3) is 0.320. The van der Waals surface area contributed by atoms with Crippen LogP contribution in [0.25, 0.3) is 0 Å². The zero-order valence-electron chi connectivity index (χ0n) is 36.5. The van der Waals surface area contributed by atoms with E-state index in [0.29, 0.717) is 23.7 Å². The highest BCUT2D eigenvalue weighted by atomic mass is 28.4. The number of benzene rings is 5. The molecule has 1 aliphatic rings. The third-order valence-electron chi connectivity index (χ3n) is 11.7. The van der Waals surface area contributed by atoms with Crippen LogP contribution in [0.1, 0.15) is 49.3 Å². The molecular weight excluding hydrogens is 799 g/mol. The molecule has 0 aliphatic carbocycles. The van der Waals surface area contributed by atoms with Crippen molar-refractivity contribution in [3.05, 3.63) is 178 Å². The summed E-state index contributed by atoms with van der Waals surface area (Å²) in [6.07, 6.45) is -1.70. The molecule has 0 unspecified atom stereocenters. The molecule has 0 spiro atoms. The molecule has 11 nitrogen and oxygen atoms in total. The van der Waals surface area contributed by atoms with Gasteiger partial charge in [0.25, 0.3) is 8.32 Å². The van der Waals surface area contributed by atoms with Crippen LogP contribution in [0.15, 0.2) is 151 Å². The van der Waals surface area contributed by atoms with E-state index in [1.807, 2.05) is 85.8 Å². The number of anilines is 1. The number of nitrogen functional groups attached to an aromatic ring is 1. The van der Waals surface area contributed by atoms with E-state index in [9.17, 15) is 4.79 Å². The second kappa shape index (κ2) is 19.2. The van der Waals surface area contributed by atoms with Crippen molar-refractivity contribution in [2.75, 3.05) is 46.9 Å². The Bertz CT molecular complexity index is 2320. The fourth-order valence-electron chi connectivity index (χ4n) is 8.59. The SMILES string of the molecule is COCCO[C@@H]1[C@H](O[Si](c2ccccc2)(c2ccccc2)C(C)(C)C)[C@@H](COC(c2ccccc2)(c2ccc(OC)cc2)c2ccc(OC)cc2)O[C@H]1n1cc(C)c(N)nc1=O. The predicted octanol–water partition coefficient (Wildman–Crippen LogP) is 7.03. The number of ether oxygens (including phenoxy) is 6. The van der Waals surface area contributed by atoms with E-state index in [1.54, 1.807) is 27.5 Å². The first-order chi connectivity index (χ1) is 30.0. The van der Waals surface area contributed by atoms with Crippen LogP contribution in [-0.2, 0) is 29.0 Å². The number of aryl methyl sites for hydroxylation is 1. The maximum Gasteiger partial charge on any atom is 0.351 e. The molecule has 0 saturated carbocycles. The van der Waals surface area contributed by atoms with Crippen molar-refractivity contribution in [3.63, 3.8) is 0 Å². The molecule has 0 amide bonds. The summed E-state index contributed by atoms with van der Waals surface area (Å²) in [5.74, 6) is 1.56. The first-order valence-corrected chi connectivity index (χ1v) is 22.8. The average molecular weight is 856 g/mol. The number of methoxy groups -OCH3 is 3. The molecule has 0 radical (unpaired) electrons. The van der Waals surface area contributed by atoms with Crippen molar-refractivity contribution in [1.82, 2.24) is 9.55 Å². The van der Waals surface area contributed by atoms with Gasteiger partial charge in [-0.2, -0.15) is 4.98 Å². The summed E-state index contributed by atoms with van der Waals surface area (Å²) >= 11 is 0. The Morgan fingerprint density at radius 2 is 1.19 bits per heavy atom. The highest BCUT2D eigenvalue weighted by Crippen LogP contribution is 2.45. The second-order valence-corrected chi connectivity index (χ2v) is 20.7. The van der Waals surface area contributed by atoms with Crippen molar-refractivity contribution in [2.45, 2.75) is 62.9 Å². The summed E-state index contributed by atoms with van der Waals surface area (Å²) in [5.41, 5.74) is 7.64. The summed E-state index contributed by atoms with van der Waals surface area (Å²) in [6.45, 7) is 9.00. The lowest BCUT2D eigenvalue weighted by atomic mass is 9.80. The van der Waals surface area contributed by atoms with E-state index < -0.39 is 49.2 Å². The van der Waals surface area contributed by atoms with Crippen LogP contribution in [0.5, 0.6) is 11.5 Å². The summed E-state index contributed by atoms with van der Waals surface area (Å²) < 4.78 is 47.6. The third-order valence-corrected chi connectivity index (χ3v) is 16.7. The minimum absolute atomic E-state index is 0.00654. The van der Waals surface area contributed by atoms with Gasteiger partial charge in [-0.15, -0.1) is 0 Å². The van der Waals surface area contributed by atoms with Gasteiger partial charge < -0.3 is 38.6 Å². The molecule has 4 atom stereocenters. The smallest absolute Gasteiger partial charge is 0.351 e. The molecule has 6 aromatic rings. The average Bonchev–Trinajstić information content (AvgIpc) is 3.63. The summed E-state index contributed by atoms with van der Waals surface area (Å²) in [5, 5.41) is 1.75. The lowest BCUT2D eigenvalue weighted by Gasteiger charge is -2.46. The zero-order valence-corrected chi connectivity index (χ0v) is 37.5. The van der Waals surface area contributed by atoms with Crippen LogP contribution in [0.4, 0.5) is 5.82 Å². The van der Waals surface area contributed by atoms with Gasteiger partial charge >= 0.3 is 5.69 Å². The molecule has 1 saturated heterocycles. The number of aromatic nitrogens is 2. The molecule has 1 aromatic heterocycles. The molecule has 1 fully saturated rings. The summed E-state index contributed by atoms with van der Waals surface area (Å²) in [4.78, 5) is 18.0. The highest BCUT2D eigenvalue weighted by Gasteiger charge is 2.57. The maximum absolute atomic E-state index is 13.9. The van der Waals surface area contributed by atoms with Crippen LogP contribution in [0.2, 0.25) is 5.04 Å². The van der Waals surface area contributed by atoms with E-state index in [1.165, 1.54) is 4.57 Å². The van der Waals surface area contributed by atoms with Crippen molar-refractivity contribution in [2.24, 2.45) is 0 Å². The maximum atomic E-state index is 13.9. The standard InChI is InChI=1S/C50H57N3O8Si/c1-35-33-53(48(54)52-46(35)51)47-45(58-32-31-55-5)44(61-62(49(2,3)4,41-19-13-9-14-20-41)42-21-15-10-16-22-42)43(60-47)34-59-50(36-17-11-8-12-18-36,37-23-27-39(56-6)28-24-37)38-25-29-40(57-7)30-26-38/h8-30,33,43-45,47H,31-32,34H2,1-7H3,(H2,51,52,54)/t43-,44-,45-,47-/m1/s1. The quantitative estimate of drug-likeness (QED) is 0.0581. The Labute approximate surface area is 365 Å². The monoisotopic (exact) mass is 855 g/mol. The molecule has 0 bridgehead atoms. The van der Waals surface area contributed by atoms with Gasteiger partial charge in [-0.25, -0.2) is 4.79 Å². The minimum Gasteiger partial charge on any atom is -0.497 e. The third kappa shape index (κ3) is 8.72. The van der Waals surface area contributed by atoms with Gasteiger partial charge in [0.1, 0.15) is 41.2 Å². The van der Waals surface area contributed by atoms with Crippen molar-refractivity contribution >= 4 is 24.5 Å². The van der Waals surface area contributed by atoms with Gasteiger partial charge in [-0.1, -0.05) is 136 Å². The van der Waals surface area contributed by atoms with Crippen molar-refractivity contribution < 1.29 is 32.8 Å². The van der Waals surface area contributed by atoms with Gasteiger partial charge in [0.15, 0.2) is 6.23 Å². The second-order valence-electron chi connectivity index (χ2n) is 16.5. The molecule has 324 valence electrons. The lowest BCUT2D eigenvalue weighted by molar-refractivity contribution is -0.0991. The minimum atomic E-state index is -3.29. The molecule has 7 rings (SSSR count). The van der Waals surface area contributed by atoms with Gasteiger partial charge in [0.05, 0.1) is 34.0 Å². The molecule has 12 heteroatoms. The Morgan fingerprint density at radius 1 is 0.694 bits per heavy atom. The molecular formula is C50H57N3O8Si.